The second kappa shape index (κ2) is 8.03. The van der Waals surface area contributed by atoms with Gasteiger partial charge in [0, 0.05) is 12.3 Å². The SMILES string of the molecule is CC1CCC(NC(=O)[C@@H](CCS(C)(=O)=O)N2C(=O)c3ccccc3C2=O)CC1. The molecule has 2 aliphatic rings. The third-order valence-corrected chi connectivity index (χ3v) is 6.54. The molecule has 1 atom stereocenters. The summed E-state index contributed by atoms with van der Waals surface area (Å²) in [6.45, 7) is 2.17. The van der Waals surface area contributed by atoms with Crippen LogP contribution >= 0.6 is 0 Å². The maximum atomic E-state index is 13.0. The number of rotatable bonds is 6. The molecule has 0 spiro atoms. The number of imide groups is 1. The van der Waals surface area contributed by atoms with Crippen LogP contribution < -0.4 is 5.32 Å². The minimum atomic E-state index is -3.35. The van der Waals surface area contributed by atoms with Crippen molar-refractivity contribution in [2.75, 3.05) is 12.0 Å². The zero-order chi connectivity index (χ0) is 20.5. The molecule has 0 radical (unpaired) electrons. The molecule has 1 N–H and O–H groups in total. The molecule has 1 saturated carbocycles. The first-order valence-corrected chi connectivity index (χ1v) is 11.7. The molecule has 7 nitrogen and oxygen atoms in total. The van der Waals surface area contributed by atoms with Gasteiger partial charge in [0.25, 0.3) is 11.8 Å². The molecule has 152 valence electrons. The van der Waals surface area contributed by atoms with Crippen LogP contribution in [0.5, 0.6) is 0 Å². The number of nitrogens with one attached hydrogen (secondary N) is 1. The van der Waals surface area contributed by atoms with Crippen molar-refractivity contribution in [1.82, 2.24) is 10.2 Å². The van der Waals surface area contributed by atoms with Crippen LogP contribution in [-0.2, 0) is 14.6 Å². The van der Waals surface area contributed by atoms with Gasteiger partial charge >= 0.3 is 0 Å². The first kappa shape index (κ1) is 20.5. The van der Waals surface area contributed by atoms with E-state index in [1.165, 1.54) is 0 Å². The summed E-state index contributed by atoms with van der Waals surface area (Å²) in [6, 6.07) is 5.25. The highest BCUT2D eigenvalue weighted by atomic mass is 32.2. The van der Waals surface area contributed by atoms with Crippen molar-refractivity contribution in [3.63, 3.8) is 0 Å². The molecule has 28 heavy (non-hydrogen) atoms. The number of fused-ring (bicyclic) bond motifs is 1. The van der Waals surface area contributed by atoms with Gasteiger partial charge < -0.3 is 5.32 Å². The zero-order valence-corrected chi connectivity index (χ0v) is 17.0. The Bertz CT molecular complexity index is 853. The van der Waals surface area contributed by atoms with E-state index >= 15 is 0 Å². The van der Waals surface area contributed by atoms with E-state index in [-0.39, 0.29) is 29.3 Å². The van der Waals surface area contributed by atoms with Gasteiger partial charge in [-0.3, -0.25) is 19.3 Å². The molecule has 0 saturated heterocycles. The van der Waals surface area contributed by atoms with E-state index in [1.807, 2.05) is 0 Å². The molecule has 1 aromatic carbocycles. The van der Waals surface area contributed by atoms with Gasteiger partial charge in [0.2, 0.25) is 5.91 Å². The van der Waals surface area contributed by atoms with E-state index in [0.717, 1.165) is 36.8 Å². The number of benzene rings is 1. The van der Waals surface area contributed by atoms with Crippen molar-refractivity contribution < 1.29 is 22.8 Å². The number of sulfone groups is 1. The van der Waals surface area contributed by atoms with E-state index in [1.54, 1.807) is 24.3 Å². The highest BCUT2D eigenvalue weighted by Gasteiger charge is 2.43. The molecule has 0 bridgehead atoms. The van der Waals surface area contributed by atoms with Crippen LogP contribution in [-0.4, -0.2) is 55.1 Å². The highest BCUT2D eigenvalue weighted by Crippen LogP contribution is 2.27. The molecule has 1 aliphatic carbocycles. The van der Waals surface area contributed by atoms with Crippen molar-refractivity contribution in [3.05, 3.63) is 35.4 Å². The Morgan fingerprint density at radius 1 is 1.11 bits per heavy atom. The summed E-state index contributed by atoms with van der Waals surface area (Å²) in [5.74, 6) is -1.22. The Morgan fingerprint density at radius 2 is 1.64 bits per heavy atom. The Hall–Kier alpha value is -2.22. The normalized spacial score (nSPS) is 23.4. The minimum absolute atomic E-state index is 0.0142. The summed E-state index contributed by atoms with van der Waals surface area (Å²) in [4.78, 5) is 39.5. The van der Waals surface area contributed by atoms with Gasteiger partial charge in [0.1, 0.15) is 15.9 Å². The zero-order valence-electron chi connectivity index (χ0n) is 16.2. The number of hydrogen-bond donors (Lipinski definition) is 1. The second-order valence-corrected chi connectivity index (χ2v) is 10.2. The van der Waals surface area contributed by atoms with Crippen LogP contribution in [0.25, 0.3) is 0 Å². The summed E-state index contributed by atoms with van der Waals surface area (Å²) in [5.41, 5.74) is 0.493. The smallest absolute Gasteiger partial charge is 0.262 e. The summed E-state index contributed by atoms with van der Waals surface area (Å²) >= 11 is 0. The van der Waals surface area contributed by atoms with Gasteiger partial charge in [-0.1, -0.05) is 19.1 Å². The van der Waals surface area contributed by atoms with Crippen LogP contribution in [0.2, 0.25) is 0 Å². The first-order valence-electron chi connectivity index (χ1n) is 9.62. The quantitative estimate of drug-likeness (QED) is 0.726. The van der Waals surface area contributed by atoms with Crippen molar-refractivity contribution in [2.24, 2.45) is 5.92 Å². The lowest BCUT2D eigenvalue weighted by molar-refractivity contribution is -0.126. The Kier molecular flexibility index (Phi) is 5.88. The lowest BCUT2D eigenvalue weighted by Gasteiger charge is -2.31. The highest BCUT2D eigenvalue weighted by molar-refractivity contribution is 7.90. The lowest BCUT2D eigenvalue weighted by atomic mass is 9.87. The fraction of sp³-hybridized carbons (Fsp3) is 0.550. The van der Waals surface area contributed by atoms with Crippen LogP contribution in [0.15, 0.2) is 24.3 Å². The number of carbonyl (C=O) groups excluding carboxylic acids is 3. The molecule has 0 aromatic heterocycles. The van der Waals surface area contributed by atoms with Crippen molar-refractivity contribution in [2.45, 2.75) is 51.1 Å². The van der Waals surface area contributed by atoms with E-state index < -0.39 is 33.6 Å². The predicted molar refractivity (Wildman–Crippen MR) is 105 cm³/mol. The maximum absolute atomic E-state index is 13.0. The molecule has 8 heteroatoms. The van der Waals surface area contributed by atoms with Crippen molar-refractivity contribution in [3.8, 4) is 0 Å². The number of hydrogen-bond acceptors (Lipinski definition) is 5. The lowest BCUT2D eigenvalue weighted by Crippen LogP contribution is -2.52. The standard InChI is InChI=1S/C20H26N2O5S/c1-13-7-9-14(10-8-13)21-18(23)17(11-12-28(2,26)27)22-19(24)15-5-3-4-6-16(15)20(22)25/h3-6,13-14,17H,7-12H2,1-2H3,(H,21,23)/t13?,14?,17-/m1/s1. The fourth-order valence-corrected chi connectivity index (χ4v) is 4.55. The molecular weight excluding hydrogens is 380 g/mol. The molecule has 3 amide bonds. The Balaban J connectivity index is 1.82. The Labute approximate surface area is 165 Å². The molecule has 0 unspecified atom stereocenters. The van der Waals surface area contributed by atoms with Gasteiger partial charge in [-0.25, -0.2) is 8.42 Å². The number of carbonyl (C=O) groups is 3. The molecule has 1 aliphatic heterocycles. The van der Waals surface area contributed by atoms with E-state index in [9.17, 15) is 22.8 Å². The number of amides is 3. The van der Waals surface area contributed by atoms with Crippen LogP contribution in [0.3, 0.4) is 0 Å². The molecule has 1 aromatic rings. The van der Waals surface area contributed by atoms with Crippen molar-refractivity contribution in [1.29, 1.82) is 0 Å². The van der Waals surface area contributed by atoms with Crippen LogP contribution in [0.4, 0.5) is 0 Å². The molecule has 1 heterocycles. The first-order chi connectivity index (χ1) is 13.2. The largest absolute Gasteiger partial charge is 0.352 e. The summed E-state index contributed by atoms with van der Waals surface area (Å²) in [5, 5.41) is 2.94. The van der Waals surface area contributed by atoms with Gasteiger partial charge in [0.05, 0.1) is 16.9 Å². The van der Waals surface area contributed by atoms with Gasteiger partial charge in [-0.05, 0) is 50.2 Å². The molecule has 3 rings (SSSR count). The average Bonchev–Trinajstić information content (AvgIpc) is 2.88. The van der Waals surface area contributed by atoms with Crippen LogP contribution in [0.1, 0.15) is 59.7 Å². The van der Waals surface area contributed by atoms with Gasteiger partial charge in [-0.2, -0.15) is 0 Å². The fourth-order valence-electron chi connectivity index (χ4n) is 3.90. The predicted octanol–water partition coefficient (Wildman–Crippen LogP) is 1.78. The maximum Gasteiger partial charge on any atom is 0.262 e. The van der Waals surface area contributed by atoms with Gasteiger partial charge in [-0.15, -0.1) is 0 Å². The van der Waals surface area contributed by atoms with E-state index in [4.69, 9.17) is 0 Å². The summed E-state index contributed by atoms with van der Waals surface area (Å²) in [6.07, 6.45) is 4.66. The summed E-state index contributed by atoms with van der Waals surface area (Å²) in [7, 11) is -3.35. The summed E-state index contributed by atoms with van der Waals surface area (Å²) < 4.78 is 23.3. The topological polar surface area (TPSA) is 101 Å². The second-order valence-electron chi connectivity index (χ2n) is 7.93. The third kappa shape index (κ3) is 4.43. The molecule has 1 fully saturated rings. The van der Waals surface area contributed by atoms with Crippen LogP contribution in [0, 0.1) is 5.92 Å². The Morgan fingerprint density at radius 3 is 2.14 bits per heavy atom. The minimum Gasteiger partial charge on any atom is -0.352 e. The molecular formula is C20H26N2O5S. The average molecular weight is 407 g/mol. The van der Waals surface area contributed by atoms with Crippen molar-refractivity contribution >= 4 is 27.6 Å². The van der Waals surface area contributed by atoms with Gasteiger partial charge in [0.15, 0.2) is 0 Å². The third-order valence-electron chi connectivity index (χ3n) is 5.56. The number of nitrogens with zero attached hydrogens (tertiary/aromatic N) is 1. The monoisotopic (exact) mass is 406 g/mol. The van der Waals surface area contributed by atoms with E-state index in [2.05, 4.69) is 12.2 Å². The van der Waals surface area contributed by atoms with E-state index in [0.29, 0.717) is 5.92 Å².